The summed E-state index contributed by atoms with van der Waals surface area (Å²) in [7, 11) is 0. The van der Waals surface area contributed by atoms with Crippen LogP contribution in [0.2, 0.25) is 0 Å². The van der Waals surface area contributed by atoms with Gasteiger partial charge in [-0.25, -0.2) is 0 Å². The largest absolute Gasteiger partial charge is 0.321 e. The van der Waals surface area contributed by atoms with Gasteiger partial charge >= 0.3 is 0 Å². The highest BCUT2D eigenvalue weighted by atomic mass is 16.1. The van der Waals surface area contributed by atoms with Gasteiger partial charge in [0.1, 0.15) is 0 Å². The number of fused-ring (bicyclic) bond motifs is 1. The van der Waals surface area contributed by atoms with Crippen LogP contribution in [0, 0.1) is 0 Å². The maximum Gasteiger partial charge on any atom is 0.256 e. The Kier molecular flexibility index (Phi) is 7.38. The van der Waals surface area contributed by atoms with E-state index in [1.165, 1.54) is 31.2 Å². The summed E-state index contributed by atoms with van der Waals surface area (Å²) in [6.45, 7) is 2.23. The van der Waals surface area contributed by atoms with Crippen molar-refractivity contribution < 1.29 is 0 Å². The molecule has 0 spiro atoms. The molecule has 0 radical (unpaired) electrons. The highest BCUT2D eigenvalue weighted by molar-refractivity contribution is 5.83. The minimum atomic E-state index is -0.0283. The fraction of sp³-hybridized carbons (Fsp3) is 0.286. The van der Waals surface area contributed by atoms with Crippen LogP contribution in [-0.2, 0) is 6.42 Å². The maximum absolute atomic E-state index is 12.3. The molecular weight excluding hydrogens is 310 g/mol. The summed E-state index contributed by atoms with van der Waals surface area (Å²) in [5, 5.41) is 1.06. The highest BCUT2D eigenvalue weighted by Gasteiger charge is 2.05. The monoisotopic (exact) mass is 337 g/mol. The van der Waals surface area contributed by atoms with Crippen molar-refractivity contribution in [2.45, 2.75) is 39.0 Å². The molecule has 4 heteroatoms. The number of aromatic amines is 1. The molecule has 5 N–H and O–H groups in total. The Morgan fingerprint density at radius 1 is 0.920 bits per heavy atom. The predicted octanol–water partition coefficient (Wildman–Crippen LogP) is 4.14. The summed E-state index contributed by atoms with van der Waals surface area (Å²) >= 11 is 0. The molecule has 132 valence electrons. The number of hydrogen-bond acceptors (Lipinski definition) is 3. The van der Waals surface area contributed by atoms with Gasteiger partial charge in [-0.05, 0) is 41.5 Å². The number of H-pyrrole nitrogens is 1. The normalized spacial score (nSPS) is 10.4. The van der Waals surface area contributed by atoms with Gasteiger partial charge in [-0.2, -0.15) is 0 Å². The van der Waals surface area contributed by atoms with Gasteiger partial charge < -0.3 is 4.98 Å². The van der Waals surface area contributed by atoms with Crippen molar-refractivity contribution in [2.24, 2.45) is 11.7 Å². The SMILES string of the molecule is CCCCCCc1ccc(-c2cc3ccccc3[nH]c2=O)cc1.NN. The second-order valence-corrected chi connectivity index (χ2v) is 6.11. The van der Waals surface area contributed by atoms with Crippen LogP contribution in [0.25, 0.3) is 22.0 Å². The number of nitrogens with two attached hydrogens (primary N) is 2. The average molecular weight is 337 g/mol. The van der Waals surface area contributed by atoms with Crippen LogP contribution in [-0.4, -0.2) is 4.98 Å². The van der Waals surface area contributed by atoms with Crippen LogP contribution in [0.15, 0.2) is 59.4 Å². The number of nitrogens with one attached hydrogen (secondary N) is 1. The summed E-state index contributed by atoms with van der Waals surface area (Å²) in [5.74, 6) is 8.00. The molecule has 0 unspecified atom stereocenters. The van der Waals surface area contributed by atoms with E-state index in [-0.39, 0.29) is 5.56 Å². The van der Waals surface area contributed by atoms with Crippen molar-refractivity contribution in [1.29, 1.82) is 0 Å². The fourth-order valence-corrected chi connectivity index (χ4v) is 2.97. The van der Waals surface area contributed by atoms with Crippen molar-refractivity contribution >= 4 is 10.9 Å². The Morgan fingerprint density at radius 2 is 1.64 bits per heavy atom. The summed E-state index contributed by atoms with van der Waals surface area (Å²) in [5.41, 5.74) is 3.92. The molecule has 0 aliphatic heterocycles. The molecule has 2 aromatic carbocycles. The number of hydrogen-bond donors (Lipinski definition) is 3. The van der Waals surface area contributed by atoms with Crippen LogP contribution >= 0.6 is 0 Å². The van der Waals surface area contributed by atoms with E-state index in [0.717, 1.165) is 28.5 Å². The zero-order valence-corrected chi connectivity index (χ0v) is 14.8. The zero-order valence-electron chi connectivity index (χ0n) is 14.8. The molecule has 0 bridgehead atoms. The van der Waals surface area contributed by atoms with E-state index in [1.807, 2.05) is 30.3 Å². The lowest BCUT2D eigenvalue weighted by Crippen LogP contribution is -2.08. The molecule has 0 aliphatic carbocycles. The van der Waals surface area contributed by atoms with Gasteiger partial charge in [-0.1, -0.05) is 68.7 Å². The summed E-state index contributed by atoms with van der Waals surface area (Å²) in [6, 6.07) is 18.3. The minimum Gasteiger partial charge on any atom is -0.321 e. The van der Waals surface area contributed by atoms with E-state index in [0.29, 0.717) is 0 Å². The molecule has 0 amide bonds. The molecule has 0 saturated heterocycles. The Morgan fingerprint density at radius 3 is 2.36 bits per heavy atom. The minimum absolute atomic E-state index is 0.0283. The number of rotatable bonds is 6. The van der Waals surface area contributed by atoms with E-state index in [2.05, 4.69) is 47.9 Å². The first-order valence-electron chi connectivity index (χ1n) is 8.82. The third-order valence-electron chi connectivity index (χ3n) is 4.34. The van der Waals surface area contributed by atoms with Crippen molar-refractivity contribution in [1.82, 2.24) is 4.98 Å². The van der Waals surface area contributed by atoms with Crippen LogP contribution in [0.1, 0.15) is 38.2 Å². The molecule has 3 rings (SSSR count). The molecule has 4 nitrogen and oxygen atoms in total. The van der Waals surface area contributed by atoms with E-state index >= 15 is 0 Å². The zero-order chi connectivity index (χ0) is 18.1. The first-order chi connectivity index (χ1) is 12.3. The number of hydrazine groups is 1. The molecule has 0 aliphatic rings. The van der Waals surface area contributed by atoms with Gasteiger partial charge in [0.25, 0.3) is 5.56 Å². The van der Waals surface area contributed by atoms with E-state index in [1.54, 1.807) is 0 Å². The van der Waals surface area contributed by atoms with E-state index in [9.17, 15) is 4.79 Å². The molecule has 3 aromatic rings. The van der Waals surface area contributed by atoms with Gasteiger partial charge in [-0.3, -0.25) is 16.5 Å². The number of benzene rings is 2. The highest BCUT2D eigenvalue weighted by Crippen LogP contribution is 2.20. The van der Waals surface area contributed by atoms with Crippen LogP contribution < -0.4 is 17.2 Å². The topological polar surface area (TPSA) is 84.9 Å². The number of pyridine rings is 1. The van der Waals surface area contributed by atoms with Gasteiger partial charge in [-0.15, -0.1) is 0 Å². The van der Waals surface area contributed by atoms with Gasteiger partial charge in [0.2, 0.25) is 0 Å². The van der Waals surface area contributed by atoms with Crippen molar-refractivity contribution in [3.05, 3.63) is 70.5 Å². The third-order valence-corrected chi connectivity index (χ3v) is 4.34. The quantitative estimate of drug-likeness (QED) is 0.359. The molecule has 0 fully saturated rings. The van der Waals surface area contributed by atoms with Crippen molar-refractivity contribution in [3.8, 4) is 11.1 Å². The fourth-order valence-electron chi connectivity index (χ4n) is 2.97. The predicted molar refractivity (Wildman–Crippen MR) is 106 cm³/mol. The van der Waals surface area contributed by atoms with Gasteiger partial charge in [0, 0.05) is 11.1 Å². The molecule has 1 aromatic heterocycles. The number of unbranched alkanes of at least 4 members (excludes halogenated alkanes) is 3. The van der Waals surface area contributed by atoms with Gasteiger partial charge in [0.15, 0.2) is 0 Å². The van der Waals surface area contributed by atoms with Crippen molar-refractivity contribution in [3.63, 3.8) is 0 Å². The Hall–Kier alpha value is -2.43. The maximum atomic E-state index is 12.3. The third kappa shape index (κ3) is 5.02. The average Bonchev–Trinajstić information content (AvgIpc) is 2.67. The van der Waals surface area contributed by atoms with Crippen LogP contribution in [0.3, 0.4) is 0 Å². The lowest BCUT2D eigenvalue weighted by Gasteiger charge is -2.06. The van der Waals surface area contributed by atoms with Crippen LogP contribution in [0.4, 0.5) is 0 Å². The Labute approximate surface area is 148 Å². The molecular formula is C21H27N3O. The molecule has 0 saturated carbocycles. The molecule has 1 heterocycles. The summed E-state index contributed by atoms with van der Waals surface area (Å²) in [4.78, 5) is 15.3. The standard InChI is InChI=1S/C21H23NO.H4N2/c1-2-3-4-5-8-16-11-13-17(14-12-16)19-15-18-9-6-7-10-20(18)22-21(19)23;1-2/h6-7,9-15H,2-5,8H2,1H3,(H,22,23);1-2H2. The lowest BCUT2D eigenvalue weighted by molar-refractivity contribution is 0.667. The first kappa shape index (κ1) is 18.9. The summed E-state index contributed by atoms with van der Waals surface area (Å²) < 4.78 is 0. The van der Waals surface area contributed by atoms with E-state index < -0.39 is 0 Å². The second-order valence-electron chi connectivity index (χ2n) is 6.11. The smallest absolute Gasteiger partial charge is 0.256 e. The molecule has 25 heavy (non-hydrogen) atoms. The van der Waals surface area contributed by atoms with E-state index in [4.69, 9.17) is 0 Å². The number of aromatic nitrogens is 1. The Balaban J connectivity index is 0.00000109. The first-order valence-corrected chi connectivity index (χ1v) is 8.82. The lowest BCUT2D eigenvalue weighted by atomic mass is 10.0. The number of para-hydroxylation sites is 1. The Bertz CT molecular complexity index is 838. The number of aryl methyl sites for hydroxylation is 1. The summed E-state index contributed by atoms with van der Waals surface area (Å²) in [6.07, 6.45) is 6.23. The van der Waals surface area contributed by atoms with Crippen LogP contribution in [0.5, 0.6) is 0 Å². The van der Waals surface area contributed by atoms with Gasteiger partial charge in [0.05, 0.1) is 0 Å². The molecule has 0 atom stereocenters. The second kappa shape index (κ2) is 9.77. The van der Waals surface area contributed by atoms with Crippen molar-refractivity contribution in [2.75, 3.05) is 0 Å².